The topological polar surface area (TPSA) is 29.5 Å². The van der Waals surface area contributed by atoms with E-state index in [1.165, 1.54) is 57.8 Å². The van der Waals surface area contributed by atoms with E-state index in [4.69, 9.17) is 4.74 Å². The zero-order valence-corrected chi connectivity index (χ0v) is 13.9. The van der Waals surface area contributed by atoms with Crippen LogP contribution in [0.25, 0.3) is 0 Å². The van der Waals surface area contributed by atoms with E-state index in [0.717, 1.165) is 16.6 Å². The lowest BCUT2D eigenvalue weighted by atomic mass is 10.1. The number of rotatable bonds is 12. The lowest BCUT2D eigenvalue weighted by Crippen LogP contribution is -2.13. The van der Waals surface area contributed by atoms with E-state index in [-0.39, 0.29) is 0 Å². The third-order valence-corrected chi connectivity index (χ3v) is 3.46. The van der Waals surface area contributed by atoms with Crippen LogP contribution in [0.3, 0.4) is 0 Å². The minimum absolute atomic E-state index is 0.466. The van der Waals surface area contributed by atoms with Crippen molar-refractivity contribution >= 4 is 31.7 Å². The number of carbonyl (C=O) groups excluding carboxylic acids is 1. The number of ether oxygens (including phenoxy) is 1. The van der Waals surface area contributed by atoms with Crippen LogP contribution in [0.1, 0.15) is 77.6 Å². The lowest BCUT2D eigenvalue weighted by Gasteiger charge is -2.08. The molecule has 0 saturated carbocycles. The Kier molecular flexibility index (Phi) is 14.4. The number of hydrogen-bond acceptors (Lipinski definition) is 4. The second-order valence-electron chi connectivity index (χ2n) is 4.94. The molecule has 1 amide bonds. The predicted octanol–water partition coefficient (Wildman–Crippen LogP) is 5.43. The molecule has 0 fully saturated rings. The summed E-state index contributed by atoms with van der Waals surface area (Å²) in [5.41, 5.74) is 0. The molecule has 0 rings (SSSR count). The molecule has 0 aromatic carbocycles. The van der Waals surface area contributed by atoms with Gasteiger partial charge in [-0.3, -0.25) is 0 Å². The Bertz CT molecular complexity index is 214. The van der Waals surface area contributed by atoms with E-state index in [1.54, 1.807) is 0 Å². The summed E-state index contributed by atoms with van der Waals surface area (Å²) in [7, 11) is 0. The molecular weight excluding hydrogens is 278 g/mol. The van der Waals surface area contributed by atoms with E-state index >= 15 is 0 Å². The van der Waals surface area contributed by atoms with E-state index in [9.17, 15) is 4.79 Å². The van der Waals surface area contributed by atoms with Crippen molar-refractivity contribution in [2.75, 3.05) is 6.61 Å². The van der Waals surface area contributed by atoms with Crippen molar-refractivity contribution in [2.45, 2.75) is 77.6 Å². The van der Waals surface area contributed by atoms with Crippen molar-refractivity contribution in [3.05, 3.63) is 0 Å². The fourth-order valence-corrected chi connectivity index (χ4v) is 2.10. The van der Waals surface area contributed by atoms with Crippen molar-refractivity contribution in [1.29, 1.82) is 0 Å². The summed E-state index contributed by atoms with van der Waals surface area (Å²) >= 11 is 7.46. The molecule has 0 aliphatic carbocycles. The fraction of sp³-hybridized carbons (Fsp3) is 0.929. The highest BCUT2D eigenvalue weighted by atomic mass is 32.2. The minimum Gasteiger partial charge on any atom is -0.448 e. The van der Waals surface area contributed by atoms with Gasteiger partial charge in [-0.05, 0) is 32.1 Å². The molecule has 0 radical (unpaired) electrons. The molecule has 0 aliphatic rings. The summed E-state index contributed by atoms with van der Waals surface area (Å²) in [6, 6.07) is 0. The highest BCUT2D eigenvalue weighted by Crippen LogP contribution is 2.11. The van der Waals surface area contributed by atoms with Crippen molar-refractivity contribution in [2.24, 2.45) is 0 Å². The van der Waals surface area contributed by atoms with Gasteiger partial charge in [-0.1, -0.05) is 71.1 Å². The molecule has 114 valence electrons. The molecule has 0 atom stereocenters. The molecule has 0 aromatic rings. The Morgan fingerprint density at radius 3 is 1.68 bits per heavy atom. The number of nitrogens with zero attached hydrogens (tertiary/aromatic N) is 1. The van der Waals surface area contributed by atoms with Gasteiger partial charge in [-0.15, -0.1) is 0 Å². The number of amides is 1. The third-order valence-electron chi connectivity index (χ3n) is 3.14. The molecule has 3 nitrogen and oxygen atoms in total. The second kappa shape index (κ2) is 14.4. The molecule has 0 aliphatic heterocycles. The SMILES string of the molecule is CCCCCCCCCCCCCOC(=O)N(S)S. The quantitative estimate of drug-likeness (QED) is 0.372. The second-order valence-corrected chi connectivity index (χ2v) is 6.05. The maximum absolute atomic E-state index is 11.0. The van der Waals surface area contributed by atoms with Gasteiger partial charge in [0.1, 0.15) is 0 Å². The van der Waals surface area contributed by atoms with Crippen molar-refractivity contribution in [3.63, 3.8) is 0 Å². The van der Waals surface area contributed by atoms with Crippen molar-refractivity contribution in [3.8, 4) is 0 Å². The maximum Gasteiger partial charge on any atom is 0.429 e. The van der Waals surface area contributed by atoms with Gasteiger partial charge in [0.25, 0.3) is 0 Å². The number of hydrogen-bond donors (Lipinski definition) is 2. The van der Waals surface area contributed by atoms with Gasteiger partial charge in [-0.25, -0.2) is 4.79 Å². The van der Waals surface area contributed by atoms with Crippen LogP contribution < -0.4 is 0 Å². The summed E-state index contributed by atoms with van der Waals surface area (Å²) in [4.78, 5) is 11.0. The molecule has 0 bridgehead atoms. The largest absolute Gasteiger partial charge is 0.448 e. The van der Waals surface area contributed by atoms with Gasteiger partial charge in [0.15, 0.2) is 0 Å². The summed E-state index contributed by atoms with van der Waals surface area (Å²) in [5.74, 6) is 0. The van der Waals surface area contributed by atoms with Crippen LogP contribution >= 0.6 is 25.6 Å². The van der Waals surface area contributed by atoms with Crippen LogP contribution in [0.4, 0.5) is 4.79 Å². The van der Waals surface area contributed by atoms with Gasteiger partial charge >= 0.3 is 6.09 Å². The van der Waals surface area contributed by atoms with Gasteiger partial charge < -0.3 is 4.74 Å². The standard InChI is InChI=1S/C14H29NO2S2/c1-2-3-4-5-6-7-8-9-10-11-12-13-17-14(16)15(18)19/h18-19H,2-13H2,1H3. The number of unbranched alkanes of at least 4 members (excludes halogenated alkanes) is 10. The Morgan fingerprint density at radius 1 is 0.842 bits per heavy atom. The average molecular weight is 308 g/mol. The Morgan fingerprint density at radius 2 is 1.26 bits per heavy atom. The fourth-order valence-electron chi connectivity index (χ4n) is 1.98. The molecule has 19 heavy (non-hydrogen) atoms. The van der Waals surface area contributed by atoms with Gasteiger partial charge in [0, 0.05) is 0 Å². The maximum atomic E-state index is 11.0. The van der Waals surface area contributed by atoms with Crippen LogP contribution in [-0.2, 0) is 4.74 Å². The van der Waals surface area contributed by atoms with Crippen LogP contribution in [0.2, 0.25) is 0 Å². The number of carbonyl (C=O) groups is 1. The van der Waals surface area contributed by atoms with Gasteiger partial charge in [0.2, 0.25) is 0 Å². The molecule has 0 unspecified atom stereocenters. The summed E-state index contributed by atoms with van der Waals surface area (Å²) in [6.07, 6.45) is 13.7. The van der Waals surface area contributed by atoms with Crippen LogP contribution in [-0.4, -0.2) is 16.4 Å². The Hall–Kier alpha value is -0.0300. The molecule has 5 heteroatoms. The molecular formula is C14H29NO2S2. The molecule has 0 heterocycles. The lowest BCUT2D eigenvalue weighted by molar-refractivity contribution is 0.140. The van der Waals surface area contributed by atoms with E-state index < -0.39 is 6.09 Å². The van der Waals surface area contributed by atoms with E-state index in [1.807, 2.05) is 0 Å². The minimum atomic E-state index is -0.501. The van der Waals surface area contributed by atoms with Crippen molar-refractivity contribution in [1.82, 2.24) is 3.71 Å². The van der Waals surface area contributed by atoms with Crippen LogP contribution in [0.5, 0.6) is 0 Å². The molecule has 0 aromatic heterocycles. The first-order valence-electron chi connectivity index (χ1n) is 7.53. The normalized spacial score (nSPS) is 10.5. The van der Waals surface area contributed by atoms with E-state index in [0.29, 0.717) is 6.61 Å². The third kappa shape index (κ3) is 14.2. The first kappa shape index (κ1) is 19.0. The average Bonchev–Trinajstić information content (AvgIpc) is 2.39. The highest BCUT2D eigenvalue weighted by molar-refractivity contribution is 7.94. The molecule has 0 spiro atoms. The summed E-state index contributed by atoms with van der Waals surface area (Å²) in [6.45, 7) is 2.72. The Labute approximate surface area is 129 Å². The van der Waals surface area contributed by atoms with E-state index in [2.05, 4.69) is 32.6 Å². The van der Waals surface area contributed by atoms with Gasteiger partial charge in [0.05, 0.1) is 6.61 Å². The van der Waals surface area contributed by atoms with Crippen LogP contribution in [0.15, 0.2) is 0 Å². The smallest absolute Gasteiger partial charge is 0.429 e. The predicted molar refractivity (Wildman–Crippen MR) is 87.6 cm³/mol. The zero-order chi connectivity index (χ0) is 14.3. The van der Waals surface area contributed by atoms with Gasteiger partial charge in [-0.2, -0.15) is 3.71 Å². The Balaban J connectivity index is 3.05. The van der Waals surface area contributed by atoms with Crippen LogP contribution in [0, 0.1) is 0 Å². The molecule has 0 N–H and O–H groups in total. The number of thiol groups is 2. The first-order chi connectivity index (χ1) is 9.18. The summed E-state index contributed by atoms with van der Waals surface area (Å²) in [5, 5.41) is 0. The highest BCUT2D eigenvalue weighted by Gasteiger charge is 2.05. The molecule has 0 saturated heterocycles. The monoisotopic (exact) mass is 307 g/mol. The summed E-state index contributed by atoms with van der Waals surface area (Å²) < 4.78 is 5.78. The first-order valence-corrected chi connectivity index (χ1v) is 8.33. The zero-order valence-electron chi connectivity index (χ0n) is 12.1. The van der Waals surface area contributed by atoms with Crippen molar-refractivity contribution < 1.29 is 9.53 Å².